The molecule has 2 aromatic rings. The van der Waals surface area contributed by atoms with Gasteiger partial charge in [0.05, 0.1) is 10.8 Å². The predicted octanol–water partition coefficient (Wildman–Crippen LogP) is 1.64. The van der Waals surface area contributed by atoms with Crippen molar-refractivity contribution < 1.29 is 27.2 Å². The lowest BCUT2D eigenvalue weighted by atomic mass is 10.1. The second-order valence-electron chi connectivity index (χ2n) is 6.56. The zero-order chi connectivity index (χ0) is 21.2. The average Bonchev–Trinajstić information content (AvgIpc) is 3.04. The molecule has 152 valence electrons. The molecule has 0 saturated carbocycles. The maximum atomic E-state index is 13.1. The Labute approximate surface area is 166 Å². The van der Waals surface area contributed by atoms with Gasteiger partial charge in [0.2, 0.25) is 17.7 Å². The van der Waals surface area contributed by atoms with E-state index in [-0.39, 0.29) is 29.7 Å². The van der Waals surface area contributed by atoms with E-state index in [1.165, 1.54) is 53.4 Å². The van der Waals surface area contributed by atoms with Crippen molar-refractivity contribution in [1.29, 1.82) is 0 Å². The molecular weight excluding hydrogens is 401 g/mol. The van der Waals surface area contributed by atoms with Gasteiger partial charge in [-0.1, -0.05) is 0 Å². The van der Waals surface area contributed by atoms with Crippen molar-refractivity contribution >= 4 is 39.1 Å². The molecule has 3 rings (SSSR count). The van der Waals surface area contributed by atoms with Gasteiger partial charge in [0.1, 0.15) is 5.82 Å². The highest BCUT2D eigenvalue weighted by Crippen LogP contribution is 2.26. The number of hydrogen-bond donors (Lipinski definition) is 2. The molecule has 1 aliphatic rings. The Hall–Kier alpha value is -3.27. The molecule has 2 aromatic carbocycles. The van der Waals surface area contributed by atoms with Gasteiger partial charge in [-0.2, -0.15) is 0 Å². The van der Waals surface area contributed by atoms with Crippen LogP contribution in [-0.2, 0) is 24.4 Å². The summed E-state index contributed by atoms with van der Waals surface area (Å²) in [5.41, 5.74) is 0.865. The lowest BCUT2D eigenvalue weighted by molar-refractivity contribution is -0.122. The fourth-order valence-electron chi connectivity index (χ4n) is 2.96. The van der Waals surface area contributed by atoms with Gasteiger partial charge in [0.15, 0.2) is 0 Å². The molecule has 1 fully saturated rings. The van der Waals surface area contributed by atoms with Gasteiger partial charge in [-0.25, -0.2) is 17.5 Å². The molecule has 1 aliphatic heterocycles. The summed E-state index contributed by atoms with van der Waals surface area (Å²) in [6.45, 7) is 1.25. The van der Waals surface area contributed by atoms with Crippen molar-refractivity contribution in [3.63, 3.8) is 0 Å². The van der Waals surface area contributed by atoms with Crippen LogP contribution < -0.4 is 14.9 Å². The molecule has 0 aromatic heterocycles. The molecular formula is C19H18FN3O5S. The number of anilines is 2. The van der Waals surface area contributed by atoms with Crippen LogP contribution in [0.15, 0.2) is 53.4 Å². The van der Waals surface area contributed by atoms with E-state index in [1.54, 1.807) is 0 Å². The molecule has 1 heterocycles. The molecule has 0 radical (unpaired) electrons. The van der Waals surface area contributed by atoms with E-state index in [4.69, 9.17) is 0 Å². The fourth-order valence-corrected chi connectivity index (χ4v) is 3.95. The second-order valence-corrected chi connectivity index (χ2v) is 8.24. The topological polar surface area (TPSA) is 113 Å². The number of carbonyl (C=O) groups is 3. The van der Waals surface area contributed by atoms with Crippen LogP contribution in [0.5, 0.6) is 0 Å². The highest BCUT2D eigenvalue weighted by molar-refractivity contribution is 7.90. The SMILES string of the molecule is CC(=O)NS(=O)(=O)c1ccc(NC(=O)C2CC(=O)N(c3ccc(F)cc3)C2)cc1. The smallest absolute Gasteiger partial charge is 0.264 e. The number of hydrogen-bond acceptors (Lipinski definition) is 5. The zero-order valence-electron chi connectivity index (χ0n) is 15.4. The van der Waals surface area contributed by atoms with E-state index in [9.17, 15) is 27.2 Å². The van der Waals surface area contributed by atoms with Crippen LogP contribution >= 0.6 is 0 Å². The Morgan fingerprint density at radius 2 is 1.69 bits per heavy atom. The van der Waals surface area contributed by atoms with Crippen LogP contribution in [0.2, 0.25) is 0 Å². The van der Waals surface area contributed by atoms with Crippen LogP contribution in [0.4, 0.5) is 15.8 Å². The van der Waals surface area contributed by atoms with Crippen molar-refractivity contribution in [2.24, 2.45) is 5.92 Å². The van der Waals surface area contributed by atoms with Crippen molar-refractivity contribution in [3.05, 3.63) is 54.3 Å². The largest absolute Gasteiger partial charge is 0.326 e. The van der Waals surface area contributed by atoms with Gasteiger partial charge >= 0.3 is 0 Å². The third-order valence-corrected chi connectivity index (χ3v) is 5.79. The van der Waals surface area contributed by atoms with E-state index < -0.39 is 27.7 Å². The number of benzene rings is 2. The van der Waals surface area contributed by atoms with Crippen LogP contribution in [-0.4, -0.2) is 32.7 Å². The summed E-state index contributed by atoms with van der Waals surface area (Å²) in [7, 11) is -3.96. The quantitative estimate of drug-likeness (QED) is 0.765. The monoisotopic (exact) mass is 419 g/mol. The number of halogens is 1. The Kier molecular flexibility index (Phi) is 5.64. The zero-order valence-corrected chi connectivity index (χ0v) is 16.2. The highest BCUT2D eigenvalue weighted by Gasteiger charge is 2.35. The number of nitrogens with zero attached hydrogens (tertiary/aromatic N) is 1. The van der Waals surface area contributed by atoms with Crippen LogP contribution in [0.25, 0.3) is 0 Å². The Morgan fingerprint density at radius 3 is 2.28 bits per heavy atom. The van der Waals surface area contributed by atoms with E-state index in [0.29, 0.717) is 11.4 Å². The van der Waals surface area contributed by atoms with E-state index >= 15 is 0 Å². The normalized spacial score (nSPS) is 16.6. The maximum Gasteiger partial charge on any atom is 0.264 e. The van der Waals surface area contributed by atoms with E-state index in [0.717, 1.165) is 6.92 Å². The Morgan fingerprint density at radius 1 is 1.07 bits per heavy atom. The highest BCUT2D eigenvalue weighted by atomic mass is 32.2. The van der Waals surface area contributed by atoms with E-state index in [1.807, 2.05) is 4.72 Å². The minimum absolute atomic E-state index is 0.0121. The molecule has 0 spiro atoms. The van der Waals surface area contributed by atoms with Crippen LogP contribution in [0, 0.1) is 11.7 Å². The van der Waals surface area contributed by atoms with Crippen molar-refractivity contribution in [2.45, 2.75) is 18.2 Å². The summed E-state index contributed by atoms with van der Waals surface area (Å²) in [5.74, 6) is -2.36. The summed E-state index contributed by atoms with van der Waals surface area (Å²) in [5, 5.41) is 2.64. The van der Waals surface area contributed by atoms with Gasteiger partial charge in [-0.15, -0.1) is 0 Å². The van der Waals surface area contributed by atoms with Crippen molar-refractivity contribution in [2.75, 3.05) is 16.8 Å². The first kappa shape index (κ1) is 20.5. The first-order valence-electron chi connectivity index (χ1n) is 8.66. The Bertz CT molecular complexity index is 1050. The third kappa shape index (κ3) is 4.77. The summed E-state index contributed by atoms with van der Waals surface area (Å²) in [6, 6.07) is 10.7. The van der Waals surface area contributed by atoms with Crippen LogP contribution in [0.3, 0.4) is 0 Å². The molecule has 29 heavy (non-hydrogen) atoms. The molecule has 1 unspecified atom stereocenters. The minimum Gasteiger partial charge on any atom is -0.326 e. The van der Waals surface area contributed by atoms with Gasteiger partial charge in [0.25, 0.3) is 10.0 Å². The third-order valence-electron chi connectivity index (χ3n) is 4.34. The summed E-state index contributed by atoms with van der Waals surface area (Å²) >= 11 is 0. The molecule has 3 amide bonds. The molecule has 2 N–H and O–H groups in total. The molecule has 10 heteroatoms. The lowest BCUT2D eigenvalue weighted by Gasteiger charge is -2.16. The molecule has 1 saturated heterocycles. The molecule has 1 atom stereocenters. The lowest BCUT2D eigenvalue weighted by Crippen LogP contribution is -2.28. The number of carbonyl (C=O) groups excluding carboxylic acids is 3. The first-order valence-corrected chi connectivity index (χ1v) is 10.1. The molecule has 0 bridgehead atoms. The maximum absolute atomic E-state index is 13.1. The van der Waals surface area contributed by atoms with Gasteiger partial charge in [-0.05, 0) is 48.5 Å². The number of rotatable bonds is 5. The molecule has 0 aliphatic carbocycles. The summed E-state index contributed by atoms with van der Waals surface area (Å²) < 4.78 is 38.8. The average molecular weight is 419 g/mol. The minimum atomic E-state index is -3.96. The van der Waals surface area contributed by atoms with Gasteiger partial charge < -0.3 is 10.2 Å². The Balaban J connectivity index is 1.65. The predicted molar refractivity (Wildman–Crippen MR) is 103 cm³/mol. The van der Waals surface area contributed by atoms with Crippen molar-refractivity contribution in [3.8, 4) is 0 Å². The van der Waals surface area contributed by atoms with Gasteiger partial charge in [-0.3, -0.25) is 14.4 Å². The number of nitrogens with one attached hydrogen (secondary N) is 2. The number of amides is 3. The van der Waals surface area contributed by atoms with Gasteiger partial charge in [0, 0.05) is 31.3 Å². The standard InChI is InChI=1S/C19H18FN3O5S/c1-12(24)22-29(27,28)17-8-4-15(5-9-17)21-19(26)13-10-18(25)23(11-13)16-6-2-14(20)3-7-16/h2-9,13H,10-11H2,1H3,(H,21,26)(H,22,24). The molecule has 8 nitrogen and oxygen atoms in total. The second kappa shape index (κ2) is 8.00. The van der Waals surface area contributed by atoms with Crippen LogP contribution in [0.1, 0.15) is 13.3 Å². The van der Waals surface area contributed by atoms with Crippen molar-refractivity contribution in [1.82, 2.24) is 4.72 Å². The van der Waals surface area contributed by atoms with E-state index in [2.05, 4.69) is 5.32 Å². The summed E-state index contributed by atoms with van der Waals surface area (Å²) in [6.07, 6.45) is 0.0121. The number of sulfonamides is 1. The fraction of sp³-hybridized carbons (Fsp3) is 0.211. The summed E-state index contributed by atoms with van der Waals surface area (Å²) in [4.78, 5) is 37.0. The first-order chi connectivity index (χ1) is 13.7.